The Balaban J connectivity index is 1.90. The molecule has 0 aliphatic carbocycles. The van der Waals surface area contributed by atoms with Crippen molar-refractivity contribution in [3.63, 3.8) is 0 Å². The largest absolute Gasteiger partial charge is 0.493 e. The molecule has 27 heavy (non-hydrogen) atoms. The van der Waals surface area contributed by atoms with Crippen molar-refractivity contribution in [2.24, 2.45) is 0 Å². The fourth-order valence-corrected chi connectivity index (χ4v) is 2.33. The van der Waals surface area contributed by atoms with Crippen molar-refractivity contribution in [1.29, 1.82) is 0 Å². The molecule has 3 N–H and O–H groups in total. The van der Waals surface area contributed by atoms with Gasteiger partial charge in [0.25, 0.3) is 5.91 Å². The Bertz CT molecular complexity index is 826. The number of methoxy groups -OCH3 is 2. The number of nitrogen functional groups attached to an aromatic ring is 1. The van der Waals surface area contributed by atoms with Gasteiger partial charge in [0.1, 0.15) is 5.82 Å². The number of carbonyl (C=O) groups is 2. The van der Waals surface area contributed by atoms with Gasteiger partial charge < -0.3 is 25.3 Å². The molecule has 0 aliphatic rings. The van der Waals surface area contributed by atoms with E-state index in [1.165, 1.54) is 44.6 Å². The second-order valence-corrected chi connectivity index (χ2v) is 5.52. The van der Waals surface area contributed by atoms with Crippen LogP contribution in [-0.2, 0) is 4.74 Å². The molecule has 2 rings (SSSR count). The second-order valence-electron chi connectivity index (χ2n) is 5.52. The summed E-state index contributed by atoms with van der Waals surface area (Å²) in [4.78, 5) is 23.6. The molecule has 0 spiro atoms. The highest BCUT2D eigenvalue weighted by Gasteiger charge is 2.16. The van der Waals surface area contributed by atoms with Gasteiger partial charge in [-0.3, -0.25) is 4.79 Å². The molecule has 7 nitrogen and oxygen atoms in total. The Morgan fingerprint density at radius 2 is 1.85 bits per heavy atom. The number of benzene rings is 2. The van der Waals surface area contributed by atoms with Gasteiger partial charge >= 0.3 is 5.97 Å². The Labute approximate surface area is 156 Å². The number of carbonyl (C=O) groups excluding carboxylic acids is 2. The fourth-order valence-electron chi connectivity index (χ4n) is 2.33. The van der Waals surface area contributed by atoms with E-state index in [1.807, 2.05) is 0 Å². The maximum Gasteiger partial charge on any atom is 0.340 e. The van der Waals surface area contributed by atoms with Crippen LogP contribution >= 0.6 is 0 Å². The highest BCUT2D eigenvalue weighted by molar-refractivity contribution is 5.96. The van der Waals surface area contributed by atoms with Gasteiger partial charge in [0.15, 0.2) is 11.5 Å². The lowest BCUT2D eigenvalue weighted by Gasteiger charge is -2.14. The van der Waals surface area contributed by atoms with Gasteiger partial charge in [-0.15, -0.1) is 0 Å². The van der Waals surface area contributed by atoms with E-state index in [0.29, 0.717) is 17.9 Å². The number of rotatable bonds is 8. The normalized spacial score (nSPS) is 10.2. The van der Waals surface area contributed by atoms with E-state index >= 15 is 0 Å². The Morgan fingerprint density at radius 1 is 1.11 bits per heavy atom. The molecule has 0 unspecified atom stereocenters. The minimum Gasteiger partial charge on any atom is -0.493 e. The first-order chi connectivity index (χ1) is 13.0. The molecule has 0 aliphatic heterocycles. The molecular formula is C19H21FN2O5. The van der Waals surface area contributed by atoms with Crippen LogP contribution in [0.1, 0.15) is 27.1 Å². The lowest BCUT2D eigenvalue weighted by Crippen LogP contribution is -2.26. The van der Waals surface area contributed by atoms with Gasteiger partial charge in [0, 0.05) is 18.7 Å². The highest BCUT2D eigenvalue weighted by atomic mass is 19.1. The van der Waals surface area contributed by atoms with Gasteiger partial charge in [-0.1, -0.05) is 12.1 Å². The third-order valence-electron chi connectivity index (χ3n) is 3.72. The zero-order valence-corrected chi connectivity index (χ0v) is 15.1. The predicted octanol–water partition coefficient (Wildman–Crippen LogP) is 2.40. The number of ether oxygens (including phenoxy) is 3. The summed E-state index contributed by atoms with van der Waals surface area (Å²) in [7, 11) is 2.71. The molecule has 2 aromatic rings. The number of anilines is 1. The summed E-state index contributed by atoms with van der Waals surface area (Å²) in [5.74, 6) is -0.959. The van der Waals surface area contributed by atoms with Crippen molar-refractivity contribution in [3.05, 3.63) is 53.3 Å². The summed E-state index contributed by atoms with van der Waals surface area (Å²) in [6, 6.07) is 8.66. The molecular weight excluding hydrogens is 355 g/mol. The third-order valence-corrected chi connectivity index (χ3v) is 3.72. The molecule has 0 aromatic heterocycles. The number of hydrogen-bond acceptors (Lipinski definition) is 6. The molecule has 0 atom stereocenters. The second kappa shape index (κ2) is 9.42. The van der Waals surface area contributed by atoms with Crippen molar-refractivity contribution in [3.8, 4) is 11.5 Å². The van der Waals surface area contributed by atoms with E-state index in [1.54, 1.807) is 6.07 Å². The van der Waals surface area contributed by atoms with Crippen LogP contribution in [0.2, 0.25) is 0 Å². The number of nitrogens with two attached hydrogens (primary N) is 1. The van der Waals surface area contributed by atoms with Gasteiger partial charge in [-0.2, -0.15) is 0 Å². The summed E-state index contributed by atoms with van der Waals surface area (Å²) >= 11 is 0. The van der Waals surface area contributed by atoms with Crippen LogP contribution in [-0.4, -0.2) is 39.2 Å². The monoisotopic (exact) mass is 376 g/mol. The number of nitrogens with one attached hydrogen (secondary N) is 1. The minimum absolute atomic E-state index is 0.0126. The molecule has 144 valence electrons. The number of halogens is 1. The van der Waals surface area contributed by atoms with Crippen LogP contribution in [0.4, 0.5) is 10.1 Å². The van der Waals surface area contributed by atoms with Gasteiger partial charge in [0.2, 0.25) is 0 Å². The quantitative estimate of drug-likeness (QED) is 0.417. The topological polar surface area (TPSA) is 99.9 Å². The number of amides is 1. The minimum atomic E-state index is -0.586. The van der Waals surface area contributed by atoms with Crippen LogP contribution in [0.5, 0.6) is 11.5 Å². The lowest BCUT2D eigenvalue weighted by molar-refractivity contribution is 0.0601. The highest BCUT2D eigenvalue weighted by Crippen LogP contribution is 2.32. The molecule has 0 saturated heterocycles. The van der Waals surface area contributed by atoms with E-state index in [4.69, 9.17) is 15.2 Å². The van der Waals surface area contributed by atoms with Crippen LogP contribution in [0.25, 0.3) is 0 Å². The van der Waals surface area contributed by atoms with Gasteiger partial charge in [0.05, 0.1) is 37.6 Å². The van der Waals surface area contributed by atoms with Gasteiger partial charge in [-0.25, -0.2) is 9.18 Å². The molecule has 2 aromatic carbocycles. The summed E-state index contributed by atoms with van der Waals surface area (Å²) < 4.78 is 29.0. The summed E-state index contributed by atoms with van der Waals surface area (Å²) in [6.45, 7) is 0.521. The van der Waals surface area contributed by atoms with E-state index in [9.17, 15) is 14.0 Å². The van der Waals surface area contributed by atoms with Crippen LogP contribution in [0, 0.1) is 5.82 Å². The fraction of sp³-hybridized carbons (Fsp3) is 0.263. The average Bonchev–Trinajstić information content (AvgIpc) is 2.67. The van der Waals surface area contributed by atoms with Crippen molar-refractivity contribution in [2.75, 3.05) is 33.1 Å². The first-order valence-corrected chi connectivity index (χ1v) is 8.19. The summed E-state index contributed by atoms with van der Waals surface area (Å²) in [6.07, 6.45) is 0.460. The smallest absolute Gasteiger partial charge is 0.340 e. The Kier molecular flexibility index (Phi) is 6.99. The third kappa shape index (κ3) is 5.10. The van der Waals surface area contributed by atoms with E-state index in [2.05, 4.69) is 10.1 Å². The Morgan fingerprint density at radius 3 is 2.52 bits per heavy atom. The van der Waals surface area contributed by atoms with E-state index < -0.39 is 17.7 Å². The van der Waals surface area contributed by atoms with Gasteiger partial charge in [-0.05, 0) is 18.6 Å². The molecule has 8 heteroatoms. The van der Waals surface area contributed by atoms with Crippen LogP contribution in [0.3, 0.4) is 0 Å². The zero-order chi connectivity index (χ0) is 19.8. The van der Waals surface area contributed by atoms with Crippen molar-refractivity contribution in [2.45, 2.75) is 6.42 Å². The average molecular weight is 376 g/mol. The first kappa shape index (κ1) is 20.0. The SMILES string of the molecule is COC(=O)c1cc(OCCCNC(=O)c2ccccc2F)c(OC)cc1N. The number of esters is 1. The molecule has 0 radical (unpaired) electrons. The first-order valence-electron chi connectivity index (χ1n) is 8.19. The van der Waals surface area contributed by atoms with E-state index in [-0.39, 0.29) is 30.0 Å². The molecule has 0 bridgehead atoms. The number of hydrogen-bond donors (Lipinski definition) is 2. The van der Waals surface area contributed by atoms with Crippen LogP contribution < -0.4 is 20.5 Å². The molecule has 1 amide bonds. The summed E-state index contributed by atoms with van der Waals surface area (Å²) in [5, 5.41) is 2.62. The van der Waals surface area contributed by atoms with Crippen molar-refractivity contribution >= 4 is 17.6 Å². The maximum atomic E-state index is 13.5. The summed E-state index contributed by atoms with van der Waals surface area (Å²) in [5.41, 5.74) is 6.17. The zero-order valence-electron chi connectivity index (χ0n) is 15.1. The molecule has 0 saturated carbocycles. The van der Waals surface area contributed by atoms with Crippen LogP contribution in [0.15, 0.2) is 36.4 Å². The molecule has 0 heterocycles. The standard InChI is InChI=1S/C19H21FN2O5/c1-25-16-11-15(21)13(19(24)26-2)10-17(16)27-9-5-8-22-18(23)12-6-3-4-7-14(12)20/h3-4,6-7,10-11H,5,8-9,21H2,1-2H3,(H,22,23). The maximum absolute atomic E-state index is 13.5. The Hall–Kier alpha value is -3.29. The van der Waals surface area contributed by atoms with E-state index in [0.717, 1.165) is 0 Å². The van der Waals surface area contributed by atoms with Crippen molar-refractivity contribution in [1.82, 2.24) is 5.32 Å². The van der Waals surface area contributed by atoms with Crippen molar-refractivity contribution < 1.29 is 28.2 Å². The molecule has 0 fully saturated rings. The predicted molar refractivity (Wildman–Crippen MR) is 97.6 cm³/mol. The lowest BCUT2D eigenvalue weighted by atomic mass is 10.1.